The van der Waals surface area contributed by atoms with Gasteiger partial charge in [0.05, 0.1) is 0 Å². The van der Waals surface area contributed by atoms with Gasteiger partial charge >= 0.3 is 0 Å². The molecule has 0 radical (unpaired) electrons. The molecule has 1 saturated heterocycles. The summed E-state index contributed by atoms with van der Waals surface area (Å²) in [6, 6.07) is 2.13. The fourth-order valence-corrected chi connectivity index (χ4v) is 4.06. The van der Waals surface area contributed by atoms with Crippen molar-refractivity contribution < 1.29 is 0 Å². The quantitative estimate of drug-likeness (QED) is 0.845. The van der Waals surface area contributed by atoms with Crippen LogP contribution in [-0.2, 0) is 0 Å². The van der Waals surface area contributed by atoms with Crippen molar-refractivity contribution in [1.82, 2.24) is 15.1 Å². The molecule has 0 bridgehead atoms. The molecule has 3 atom stereocenters. The zero-order valence-corrected chi connectivity index (χ0v) is 13.6. The number of nitrogens with zero attached hydrogens (tertiary/aromatic N) is 2. The summed E-state index contributed by atoms with van der Waals surface area (Å²) < 4.78 is 0. The van der Waals surface area contributed by atoms with Gasteiger partial charge < -0.3 is 5.32 Å². The Bertz CT molecular complexity index is 290. The third-order valence-electron chi connectivity index (χ3n) is 5.40. The largest absolute Gasteiger partial charge is 0.315 e. The van der Waals surface area contributed by atoms with Crippen LogP contribution in [0.3, 0.4) is 0 Å². The highest BCUT2D eigenvalue weighted by Crippen LogP contribution is 2.38. The van der Waals surface area contributed by atoms with E-state index in [-0.39, 0.29) is 0 Å². The van der Waals surface area contributed by atoms with E-state index < -0.39 is 0 Å². The average Bonchev–Trinajstić information content (AvgIpc) is 2.37. The summed E-state index contributed by atoms with van der Waals surface area (Å²) in [7, 11) is 2.14. The van der Waals surface area contributed by atoms with Gasteiger partial charge in [-0.25, -0.2) is 0 Å². The van der Waals surface area contributed by atoms with Crippen molar-refractivity contribution in [3.63, 3.8) is 0 Å². The minimum atomic E-state index is 0.517. The van der Waals surface area contributed by atoms with Crippen molar-refractivity contribution >= 4 is 0 Å². The Hall–Kier alpha value is -0.120. The standard InChI is InChI=1S/C16H33N3/c1-6-18-9-10-19(12-13(18)2)15-11-16(3,4)8-7-14(15)17-5/h13-15,17H,6-12H2,1-5H3. The Labute approximate surface area is 119 Å². The summed E-state index contributed by atoms with van der Waals surface area (Å²) in [6.07, 6.45) is 4.04. The SMILES string of the molecule is CCN1CCN(C2CC(C)(C)CCC2NC)CC1C. The van der Waals surface area contributed by atoms with E-state index >= 15 is 0 Å². The van der Waals surface area contributed by atoms with Crippen LogP contribution in [0.5, 0.6) is 0 Å². The molecule has 2 fully saturated rings. The topological polar surface area (TPSA) is 18.5 Å². The number of likely N-dealkylation sites (N-methyl/N-ethyl adjacent to an activating group) is 2. The van der Waals surface area contributed by atoms with Crippen LogP contribution in [-0.4, -0.2) is 61.2 Å². The molecule has 1 aliphatic carbocycles. The van der Waals surface area contributed by atoms with Gasteiger partial charge in [0.15, 0.2) is 0 Å². The monoisotopic (exact) mass is 267 g/mol. The average molecular weight is 267 g/mol. The lowest BCUT2D eigenvalue weighted by Gasteiger charge is -2.50. The second kappa shape index (κ2) is 6.11. The maximum atomic E-state index is 3.57. The number of hydrogen-bond acceptors (Lipinski definition) is 3. The predicted molar refractivity (Wildman–Crippen MR) is 82.5 cm³/mol. The van der Waals surface area contributed by atoms with Gasteiger partial charge in [-0.1, -0.05) is 20.8 Å². The number of piperazine rings is 1. The van der Waals surface area contributed by atoms with Crippen molar-refractivity contribution in [3.8, 4) is 0 Å². The first kappa shape index (κ1) is 15.3. The first-order valence-corrected chi connectivity index (χ1v) is 8.12. The van der Waals surface area contributed by atoms with Crippen LogP contribution in [0.15, 0.2) is 0 Å². The maximum absolute atomic E-state index is 3.57. The summed E-state index contributed by atoms with van der Waals surface area (Å²) in [6.45, 7) is 14.5. The van der Waals surface area contributed by atoms with Gasteiger partial charge in [0, 0.05) is 37.8 Å². The van der Waals surface area contributed by atoms with Gasteiger partial charge in [0.2, 0.25) is 0 Å². The van der Waals surface area contributed by atoms with Gasteiger partial charge in [-0.05, 0) is 45.2 Å². The third kappa shape index (κ3) is 3.50. The molecule has 1 aliphatic heterocycles. The Morgan fingerprint density at radius 2 is 2.00 bits per heavy atom. The molecular formula is C16H33N3. The molecule has 2 rings (SSSR count). The molecule has 0 aromatic heterocycles. The van der Waals surface area contributed by atoms with Crippen molar-refractivity contribution in [2.24, 2.45) is 5.41 Å². The van der Waals surface area contributed by atoms with E-state index in [0.29, 0.717) is 17.5 Å². The maximum Gasteiger partial charge on any atom is 0.0255 e. The highest BCUT2D eigenvalue weighted by molar-refractivity contribution is 4.96. The molecule has 1 N–H and O–H groups in total. The molecule has 0 aromatic carbocycles. The summed E-state index contributed by atoms with van der Waals surface area (Å²) in [5.41, 5.74) is 0.517. The minimum absolute atomic E-state index is 0.517. The Morgan fingerprint density at radius 1 is 1.26 bits per heavy atom. The third-order valence-corrected chi connectivity index (χ3v) is 5.40. The predicted octanol–water partition coefficient (Wildman–Crippen LogP) is 2.18. The van der Waals surface area contributed by atoms with E-state index in [2.05, 4.69) is 49.9 Å². The first-order chi connectivity index (χ1) is 8.96. The molecule has 3 heteroatoms. The number of nitrogens with one attached hydrogen (secondary N) is 1. The minimum Gasteiger partial charge on any atom is -0.315 e. The van der Waals surface area contributed by atoms with E-state index in [9.17, 15) is 0 Å². The van der Waals surface area contributed by atoms with Gasteiger partial charge in [-0.2, -0.15) is 0 Å². The molecule has 0 aromatic rings. The fraction of sp³-hybridized carbons (Fsp3) is 1.00. The zero-order valence-electron chi connectivity index (χ0n) is 13.6. The molecule has 0 spiro atoms. The van der Waals surface area contributed by atoms with E-state index in [0.717, 1.165) is 6.04 Å². The summed E-state index contributed by atoms with van der Waals surface area (Å²) in [4.78, 5) is 5.37. The zero-order chi connectivity index (χ0) is 14.0. The van der Waals surface area contributed by atoms with Crippen molar-refractivity contribution in [2.45, 2.75) is 65.1 Å². The lowest BCUT2D eigenvalue weighted by Crippen LogP contribution is -2.61. The second-order valence-corrected chi connectivity index (χ2v) is 7.34. The van der Waals surface area contributed by atoms with E-state index in [4.69, 9.17) is 0 Å². The van der Waals surface area contributed by atoms with Crippen molar-refractivity contribution in [3.05, 3.63) is 0 Å². The van der Waals surface area contributed by atoms with E-state index in [1.54, 1.807) is 0 Å². The summed E-state index contributed by atoms with van der Waals surface area (Å²) in [5.74, 6) is 0. The number of hydrogen-bond donors (Lipinski definition) is 1. The van der Waals surface area contributed by atoms with Crippen LogP contribution in [0.4, 0.5) is 0 Å². The summed E-state index contributed by atoms with van der Waals surface area (Å²) in [5, 5.41) is 3.57. The molecule has 3 unspecified atom stereocenters. The van der Waals surface area contributed by atoms with Crippen LogP contribution in [0.2, 0.25) is 0 Å². The fourth-order valence-electron chi connectivity index (χ4n) is 4.06. The van der Waals surface area contributed by atoms with Crippen LogP contribution in [0.25, 0.3) is 0 Å². The number of rotatable bonds is 3. The molecule has 1 saturated carbocycles. The first-order valence-electron chi connectivity index (χ1n) is 8.12. The second-order valence-electron chi connectivity index (χ2n) is 7.34. The van der Waals surface area contributed by atoms with Gasteiger partial charge in [0.25, 0.3) is 0 Å². The normalized spacial score (nSPS) is 37.4. The van der Waals surface area contributed by atoms with Crippen LogP contribution < -0.4 is 5.32 Å². The lowest BCUT2D eigenvalue weighted by molar-refractivity contribution is 0.0102. The Morgan fingerprint density at radius 3 is 2.58 bits per heavy atom. The summed E-state index contributed by atoms with van der Waals surface area (Å²) >= 11 is 0. The van der Waals surface area contributed by atoms with Gasteiger partial charge in [0.1, 0.15) is 0 Å². The highest BCUT2D eigenvalue weighted by atomic mass is 15.3. The van der Waals surface area contributed by atoms with Crippen LogP contribution in [0.1, 0.15) is 47.0 Å². The molecule has 112 valence electrons. The van der Waals surface area contributed by atoms with Crippen LogP contribution >= 0.6 is 0 Å². The molecule has 2 aliphatic rings. The molecule has 0 amide bonds. The van der Waals surface area contributed by atoms with E-state index in [1.165, 1.54) is 45.4 Å². The lowest BCUT2D eigenvalue weighted by atomic mass is 9.72. The van der Waals surface area contributed by atoms with Gasteiger partial charge in [-0.3, -0.25) is 9.80 Å². The molecule has 1 heterocycles. The van der Waals surface area contributed by atoms with Gasteiger partial charge in [-0.15, -0.1) is 0 Å². The van der Waals surface area contributed by atoms with Crippen molar-refractivity contribution in [2.75, 3.05) is 33.2 Å². The molecule has 19 heavy (non-hydrogen) atoms. The Kier molecular flexibility index (Phi) is 4.91. The smallest absolute Gasteiger partial charge is 0.0255 e. The molecule has 3 nitrogen and oxygen atoms in total. The van der Waals surface area contributed by atoms with Crippen molar-refractivity contribution in [1.29, 1.82) is 0 Å². The van der Waals surface area contributed by atoms with Crippen LogP contribution in [0, 0.1) is 5.41 Å². The van der Waals surface area contributed by atoms with E-state index in [1.807, 2.05) is 0 Å². The molecular weight excluding hydrogens is 234 g/mol. The Balaban J connectivity index is 2.02. The highest BCUT2D eigenvalue weighted by Gasteiger charge is 2.39.